The minimum absolute atomic E-state index is 0.0353. The van der Waals surface area contributed by atoms with Crippen LogP contribution in [0.5, 0.6) is 5.75 Å². The summed E-state index contributed by atoms with van der Waals surface area (Å²) in [5, 5.41) is 13.6. The first kappa shape index (κ1) is 14.5. The topological polar surface area (TPSA) is 71.5 Å². The number of hydrogen-bond donors (Lipinski definition) is 2. The largest absolute Gasteiger partial charge is 0.495 e. The molecule has 0 aromatic carbocycles. The van der Waals surface area contributed by atoms with Crippen molar-refractivity contribution in [2.45, 2.75) is 6.42 Å². The number of rotatable bonds is 4. The van der Waals surface area contributed by atoms with E-state index in [1.54, 1.807) is 17.6 Å². The SMILES string of the molecule is COc1ccsc1C(=O)Nc1ncc(C#CCCO)s1. The molecule has 1 amide bonds. The second kappa shape index (κ2) is 7.05. The highest BCUT2D eigenvalue weighted by Crippen LogP contribution is 2.26. The van der Waals surface area contributed by atoms with Crippen LogP contribution >= 0.6 is 22.7 Å². The Kier molecular flexibility index (Phi) is 5.12. The number of aliphatic hydroxyl groups is 1. The highest BCUT2D eigenvalue weighted by atomic mass is 32.1. The number of nitrogens with zero attached hydrogens (tertiary/aromatic N) is 1. The average molecular weight is 308 g/mol. The fourth-order valence-electron chi connectivity index (χ4n) is 1.37. The monoisotopic (exact) mass is 308 g/mol. The van der Waals surface area contributed by atoms with E-state index in [0.29, 0.717) is 22.2 Å². The van der Waals surface area contributed by atoms with Gasteiger partial charge in [-0.1, -0.05) is 23.2 Å². The number of aromatic nitrogens is 1. The molecule has 20 heavy (non-hydrogen) atoms. The number of thiazole rings is 1. The molecule has 0 aliphatic rings. The summed E-state index contributed by atoms with van der Waals surface area (Å²) in [7, 11) is 1.52. The highest BCUT2D eigenvalue weighted by Gasteiger charge is 2.15. The molecule has 0 aliphatic carbocycles. The maximum atomic E-state index is 12.0. The van der Waals surface area contributed by atoms with E-state index < -0.39 is 0 Å². The van der Waals surface area contributed by atoms with Crippen LogP contribution in [0.3, 0.4) is 0 Å². The minimum atomic E-state index is -0.249. The summed E-state index contributed by atoms with van der Waals surface area (Å²) in [6.45, 7) is 0.0353. The van der Waals surface area contributed by atoms with Gasteiger partial charge < -0.3 is 9.84 Å². The maximum Gasteiger partial charge on any atom is 0.271 e. The average Bonchev–Trinajstić information content (AvgIpc) is 3.07. The zero-order chi connectivity index (χ0) is 14.4. The molecule has 104 valence electrons. The van der Waals surface area contributed by atoms with Gasteiger partial charge in [-0.05, 0) is 11.4 Å². The highest BCUT2D eigenvalue weighted by molar-refractivity contribution is 7.16. The smallest absolute Gasteiger partial charge is 0.271 e. The first-order chi connectivity index (χ1) is 9.74. The zero-order valence-corrected chi connectivity index (χ0v) is 12.3. The van der Waals surface area contributed by atoms with Crippen molar-refractivity contribution < 1.29 is 14.6 Å². The van der Waals surface area contributed by atoms with Gasteiger partial charge in [-0.25, -0.2) is 4.98 Å². The normalized spacial score (nSPS) is 9.70. The van der Waals surface area contributed by atoms with Gasteiger partial charge in [0.1, 0.15) is 10.6 Å². The third-order valence-electron chi connectivity index (χ3n) is 2.23. The predicted octanol–water partition coefficient (Wildman–Crippen LogP) is 2.20. The van der Waals surface area contributed by atoms with Crippen molar-refractivity contribution in [1.29, 1.82) is 0 Å². The van der Waals surface area contributed by atoms with Crippen LogP contribution in [0.2, 0.25) is 0 Å². The van der Waals surface area contributed by atoms with Crippen molar-refractivity contribution in [2.24, 2.45) is 0 Å². The number of amides is 1. The third kappa shape index (κ3) is 3.57. The Morgan fingerprint density at radius 3 is 3.20 bits per heavy atom. The van der Waals surface area contributed by atoms with Crippen molar-refractivity contribution in [3.05, 3.63) is 27.4 Å². The van der Waals surface area contributed by atoms with Gasteiger partial charge in [-0.15, -0.1) is 11.3 Å². The number of hydrogen-bond acceptors (Lipinski definition) is 6. The Bertz CT molecular complexity index is 652. The molecule has 0 saturated carbocycles. The molecule has 2 aromatic heterocycles. The van der Waals surface area contributed by atoms with Gasteiger partial charge in [-0.3, -0.25) is 10.1 Å². The van der Waals surface area contributed by atoms with E-state index in [1.165, 1.54) is 29.8 Å². The maximum absolute atomic E-state index is 12.0. The van der Waals surface area contributed by atoms with E-state index in [4.69, 9.17) is 9.84 Å². The van der Waals surface area contributed by atoms with Gasteiger partial charge in [0.2, 0.25) is 0 Å². The third-order valence-corrected chi connectivity index (χ3v) is 3.95. The van der Waals surface area contributed by atoms with Gasteiger partial charge >= 0.3 is 0 Å². The van der Waals surface area contributed by atoms with Gasteiger partial charge in [0.15, 0.2) is 5.13 Å². The van der Waals surface area contributed by atoms with E-state index in [1.807, 2.05) is 0 Å². The van der Waals surface area contributed by atoms with Gasteiger partial charge in [0, 0.05) is 6.42 Å². The summed E-state index contributed by atoms with van der Waals surface area (Å²) in [4.78, 5) is 17.4. The molecule has 7 heteroatoms. The minimum Gasteiger partial charge on any atom is -0.495 e. The number of thiophene rings is 1. The van der Waals surface area contributed by atoms with Crippen LogP contribution in [0.15, 0.2) is 17.6 Å². The number of carbonyl (C=O) groups excluding carboxylic acids is 1. The van der Waals surface area contributed by atoms with Crippen LogP contribution in [0, 0.1) is 11.8 Å². The molecule has 2 aromatic rings. The standard InChI is InChI=1S/C13H12N2O3S2/c1-18-10-5-7-19-11(10)12(17)15-13-14-8-9(20-13)4-2-3-6-16/h5,7-8,16H,3,6H2,1H3,(H,14,15,17). The number of methoxy groups -OCH3 is 1. The number of ether oxygens (including phenoxy) is 1. The van der Waals surface area contributed by atoms with Crippen LogP contribution in [-0.2, 0) is 0 Å². The molecule has 0 fully saturated rings. The molecule has 0 bridgehead atoms. The van der Waals surface area contributed by atoms with Crippen LogP contribution in [0.1, 0.15) is 21.0 Å². The van der Waals surface area contributed by atoms with Crippen molar-refractivity contribution in [2.75, 3.05) is 19.0 Å². The van der Waals surface area contributed by atoms with Crippen molar-refractivity contribution in [1.82, 2.24) is 4.98 Å². The molecule has 2 N–H and O–H groups in total. The molecule has 0 spiro atoms. The predicted molar refractivity (Wildman–Crippen MR) is 79.5 cm³/mol. The summed E-state index contributed by atoms with van der Waals surface area (Å²) in [5.74, 6) is 5.97. The summed E-state index contributed by atoms with van der Waals surface area (Å²) in [5.41, 5.74) is 0. The van der Waals surface area contributed by atoms with E-state index >= 15 is 0 Å². The molecule has 5 nitrogen and oxygen atoms in total. The Hall–Kier alpha value is -1.88. The first-order valence-corrected chi connectivity index (χ1v) is 7.42. The Balaban J connectivity index is 2.04. The van der Waals surface area contributed by atoms with E-state index in [2.05, 4.69) is 22.1 Å². The molecule has 0 aliphatic heterocycles. The molecule has 2 rings (SSSR count). The number of anilines is 1. The molecule has 0 unspecified atom stereocenters. The van der Waals surface area contributed by atoms with Gasteiger partial charge in [0.25, 0.3) is 5.91 Å². The van der Waals surface area contributed by atoms with Crippen molar-refractivity contribution in [3.8, 4) is 17.6 Å². The zero-order valence-electron chi connectivity index (χ0n) is 10.7. The Morgan fingerprint density at radius 2 is 2.45 bits per heavy atom. The van der Waals surface area contributed by atoms with Gasteiger partial charge in [-0.2, -0.15) is 0 Å². The fourth-order valence-corrected chi connectivity index (χ4v) is 2.81. The summed E-state index contributed by atoms with van der Waals surface area (Å²) in [6, 6.07) is 1.74. The molecule has 0 radical (unpaired) electrons. The molecule has 2 heterocycles. The van der Waals surface area contributed by atoms with Crippen LogP contribution < -0.4 is 10.1 Å². The second-order valence-electron chi connectivity index (χ2n) is 3.58. The molecular formula is C13H12N2O3S2. The Labute approximate surface area is 124 Å². The lowest BCUT2D eigenvalue weighted by molar-refractivity contribution is 0.102. The first-order valence-electron chi connectivity index (χ1n) is 5.73. The van der Waals surface area contributed by atoms with Crippen molar-refractivity contribution in [3.63, 3.8) is 0 Å². The summed E-state index contributed by atoms with van der Waals surface area (Å²) < 4.78 is 5.10. The van der Waals surface area contributed by atoms with E-state index in [9.17, 15) is 4.79 Å². The number of nitrogens with one attached hydrogen (secondary N) is 1. The molecular weight excluding hydrogens is 296 g/mol. The molecule has 0 atom stereocenters. The van der Waals surface area contributed by atoms with Crippen LogP contribution in [-0.4, -0.2) is 29.7 Å². The fraction of sp³-hybridized carbons (Fsp3) is 0.231. The summed E-state index contributed by atoms with van der Waals surface area (Å²) in [6.07, 6.45) is 2.02. The second-order valence-corrected chi connectivity index (χ2v) is 5.52. The van der Waals surface area contributed by atoms with Crippen LogP contribution in [0.25, 0.3) is 0 Å². The lowest BCUT2D eigenvalue weighted by Gasteiger charge is -2.01. The van der Waals surface area contributed by atoms with E-state index in [-0.39, 0.29) is 12.5 Å². The quantitative estimate of drug-likeness (QED) is 0.850. The number of carbonyl (C=O) groups is 1. The van der Waals surface area contributed by atoms with Gasteiger partial charge in [0.05, 0.1) is 24.8 Å². The lowest BCUT2D eigenvalue weighted by atomic mass is 10.4. The molecule has 0 saturated heterocycles. The lowest BCUT2D eigenvalue weighted by Crippen LogP contribution is -2.10. The van der Waals surface area contributed by atoms with Crippen LogP contribution in [0.4, 0.5) is 5.13 Å². The Morgan fingerprint density at radius 1 is 1.60 bits per heavy atom. The van der Waals surface area contributed by atoms with E-state index in [0.717, 1.165) is 4.88 Å². The van der Waals surface area contributed by atoms with Crippen molar-refractivity contribution >= 4 is 33.7 Å². The summed E-state index contributed by atoms with van der Waals surface area (Å²) >= 11 is 2.60. The number of aliphatic hydroxyl groups excluding tert-OH is 1.